The van der Waals surface area contributed by atoms with Crippen LogP contribution in [-0.2, 0) is 25.6 Å². The fourth-order valence-electron chi connectivity index (χ4n) is 4.81. The molecule has 34 heavy (non-hydrogen) atoms. The Morgan fingerprint density at radius 1 is 1.24 bits per heavy atom. The van der Waals surface area contributed by atoms with E-state index in [1.54, 1.807) is 24.1 Å². The number of aldehydes is 1. The SMILES string of the molecule is CCC1(c2cc(C3(c4cccc(-c5cccnc5F)c4)N=C(N)N(C)C3C=O)cs2)OCCO1. The van der Waals surface area contributed by atoms with E-state index in [-0.39, 0.29) is 5.96 Å². The second-order valence-electron chi connectivity index (χ2n) is 8.35. The molecular formula is C25H25FN4O3S. The lowest BCUT2D eigenvalue weighted by Gasteiger charge is -2.33. The number of likely N-dealkylation sites (N-methyl/N-ethyl adjacent to an activating group) is 1. The lowest BCUT2D eigenvalue weighted by Crippen LogP contribution is -2.46. The molecule has 0 radical (unpaired) electrons. The summed E-state index contributed by atoms with van der Waals surface area (Å²) in [4.78, 5) is 23.6. The number of carbonyl (C=O) groups excluding carboxylic acids is 1. The van der Waals surface area contributed by atoms with Crippen molar-refractivity contribution in [2.24, 2.45) is 10.7 Å². The van der Waals surface area contributed by atoms with Gasteiger partial charge in [0.1, 0.15) is 17.9 Å². The van der Waals surface area contributed by atoms with Crippen molar-refractivity contribution in [3.63, 3.8) is 0 Å². The Bertz CT molecular complexity index is 1260. The molecule has 2 N–H and O–H groups in total. The molecule has 2 unspecified atom stereocenters. The zero-order chi connectivity index (χ0) is 23.9. The summed E-state index contributed by atoms with van der Waals surface area (Å²) in [5.74, 6) is -1.12. The van der Waals surface area contributed by atoms with Crippen molar-refractivity contribution >= 4 is 23.6 Å². The summed E-state index contributed by atoms with van der Waals surface area (Å²) < 4.78 is 26.4. The number of rotatable bonds is 6. The number of carbonyl (C=O) groups is 1. The van der Waals surface area contributed by atoms with Crippen LogP contribution in [0.4, 0.5) is 4.39 Å². The number of aromatic nitrogens is 1. The topological polar surface area (TPSA) is 90.0 Å². The van der Waals surface area contributed by atoms with E-state index in [1.165, 1.54) is 17.5 Å². The van der Waals surface area contributed by atoms with E-state index in [2.05, 4.69) is 4.98 Å². The molecule has 0 aliphatic carbocycles. The molecule has 2 aliphatic heterocycles. The van der Waals surface area contributed by atoms with Gasteiger partial charge in [-0.2, -0.15) is 4.39 Å². The first-order chi connectivity index (χ1) is 16.4. The standard InChI is InChI=1S/C25H25FN4O3S/c1-3-24(32-10-11-33-24)21-13-18(15-34-21)25(20(14-31)30(2)23(27)29-25)17-7-4-6-16(12-17)19-8-5-9-28-22(19)26/h4-9,12-15,20H,3,10-11H2,1-2H3,(H2,27,29). The van der Waals surface area contributed by atoms with Crippen molar-refractivity contribution in [3.8, 4) is 11.1 Å². The Labute approximate surface area is 201 Å². The van der Waals surface area contributed by atoms with Crippen molar-refractivity contribution in [2.75, 3.05) is 20.3 Å². The molecule has 0 spiro atoms. The zero-order valence-corrected chi connectivity index (χ0v) is 19.7. The summed E-state index contributed by atoms with van der Waals surface area (Å²) in [6.45, 7) is 3.06. The van der Waals surface area contributed by atoms with Crippen molar-refractivity contribution in [2.45, 2.75) is 30.7 Å². The number of benzene rings is 1. The third-order valence-electron chi connectivity index (χ3n) is 6.63. The molecule has 176 valence electrons. The Morgan fingerprint density at radius 2 is 2.03 bits per heavy atom. The molecule has 5 rings (SSSR count). The molecule has 0 amide bonds. The maximum atomic E-state index is 14.5. The van der Waals surface area contributed by atoms with Crippen LogP contribution in [0, 0.1) is 5.95 Å². The van der Waals surface area contributed by atoms with E-state index in [4.69, 9.17) is 20.2 Å². The number of thiophene rings is 1. The van der Waals surface area contributed by atoms with Crippen LogP contribution in [-0.4, -0.2) is 48.4 Å². The molecule has 4 heterocycles. The molecule has 1 aromatic carbocycles. The first kappa shape index (κ1) is 22.6. The molecule has 3 aromatic rings. The number of ether oxygens (including phenoxy) is 2. The predicted octanol–water partition coefficient (Wildman–Crippen LogP) is 3.63. The number of aliphatic imine (C=N–C) groups is 1. The fraction of sp³-hybridized carbons (Fsp3) is 0.320. The van der Waals surface area contributed by atoms with Crippen LogP contribution in [0.2, 0.25) is 0 Å². The lowest BCUT2D eigenvalue weighted by atomic mass is 9.78. The second kappa shape index (κ2) is 8.57. The van der Waals surface area contributed by atoms with E-state index in [0.29, 0.717) is 30.8 Å². The van der Waals surface area contributed by atoms with E-state index < -0.39 is 23.3 Å². The Hall–Kier alpha value is -3.14. The summed E-state index contributed by atoms with van der Waals surface area (Å²) in [5.41, 5.74) is 7.67. The molecule has 2 aromatic heterocycles. The molecule has 0 bridgehead atoms. The zero-order valence-electron chi connectivity index (χ0n) is 18.9. The quantitative estimate of drug-likeness (QED) is 0.428. The maximum Gasteiger partial charge on any atom is 0.220 e. The Morgan fingerprint density at radius 3 is 2.74 bits per heavy atom. The fourth-order valence-corrected chi connectivity index (χ4v) is 5.95. The van der Waals surface area contributed by atoms with Gasteiger partial charge in [-0.3, -0.25) is 0 Å². The Kier molecular flexibility index (Phi) is 5.71. The van der Waals surface area contributed by atoms with Gasteiger partial charge in [-0.15, -0.1) is 11.3 Å². The van der Waals surface area contributed by atoms with Gasteiger partial charge < -0.3 is 24.9 Å². The average molecular weight is 481 g/mol. The third kappa shape index (κ3) is 3.34. The van der Waals surface area contributed by atoms with E-state index in [9.17, 15) is 9.18 Å². The van der Waals surface area contributed by atoms with Gasteiger partial charge in [-0.1, -0.05) is 25.1 Å². The number of nitrogens with zero attached hydrogens (tertiary/aromatic N) is 3. The highest BCUT2D eigenvalue weighted by molar-refractivity contribution is 7.10. The maximum absolute atomic E-state index is 14.5. The summed E-state index contributed by atoms with van der Waals surface area (Å²) in [7, 11) is 1.74. The monoisotopic (exact) mass is 480 g/mol. The number of hydrogen-bond acceptors (Lipinski definition) is 8. The normalized spacial score (nSPS) is 23.8. The lowest BCUT2D eigenvalue weighted by molar-refractivity contribution is -0.164. The molecule has 7 nitrogen and oxygen atoms in total. The number of guanidine groups is 1. The molecule has 2 aliphatic rings. The van der Waals surface area contributed by atoms with E-state index in [0.717, 1.165) is 22.3 Å². The average Bonchev–Trinajstić information content (AvgIpc) is 3.59. The van der Waals surface area contributed by atoms with Crippen LogP contribution in [0.25, 0.3) is 11.1 Å². The summed E-state index contributed by atoms with van der Waals surface area (Å²) in [5, 5.41) is 1.97. The highest BCUT2D eigenvalue weighted by atomic mass is 32.1. The second-order valence-corrected chi connectivity index (χ2v) is 9.27. The number of nitrogens with two attached hydrogens (primary N) is 1. The van der Waals surface area contributed by atoms with Gasteiger partial charge in [-0.25, -0.2) is 9.98 Å². The number of hydrogen-bond donors (Lipinski definition) is 1. The molecule has 1 fully saturated rings. The highest BCUT2D eigenvalue weighted by Crippen LogP contribution is 2.47. The molecular weight excluding hydrogens is 455 g/mol. The van der Waals surface area contributed by atoms with Gasteiger partial charge in [-0.05, 0) is 46.3 Å². The third-order valence-corrected chi connectivity index (χ3v) is 7.69. The van der Waals surface area contributed by atoms with Crippen molar-refractivity contribution in [3.05, 3.63) is 76.0 Å². The summed E-state index contributed by atoms with van der Waals surface area (Å²) >= 11 is 1.50. The Balaban J connectivity index is 1.69. The van der Waals surface area contributed by atoms with Crippen LogP contribution in [0.3, 0.4) is 0 Å². The van der Waals surface area contributed by atoms with Gasteiger partial charge in [0.2, 0.25) is 11.7 Å². The van der Waals surface area contributed by atoms with Crippen LogP contribution in [0.5, 0.6) is 0 Å². The van der Waals surface area contributed by atoms with Crippen molar-refractivity contribution in [1.82, 2.24) is 9.88 Å². The molecule has 9 heteroatoms. The molecule has 1 saturated heterocycles. The first-order valence-corrected chi connectivity index (χ1v) is 12.0. The largest absolute Gasteiger partial charge is 0.370 e. The van der Waals surface area contributed by atoms with Gasteiger partial charge >= 0.3 is 0 Å². The summed E-state index contributed by atoms with van der Waals surface area (Å²) in [6, 6.07) is 12.0. The van der Waals surface area contributed by atoms with Crippen LogP contribution >= 0.6 is 11.3 Å². The number of halogens is 1. The van der Waals surface area contributed by atoms with Crippen LogP contribution in [0.1, 0.15) is 29.3 Å². The first-order valence-electron chi connectivity index (χ1n) is 11.1. The minimum atomic E-state index is -1.11. The van der Waals surface area contributed by atoms with Crippen molar-refractivity contribution in [1.29, 1.82) is 0 Å². The van der Waals surface area contributed by atoms with Crippen LogP contribution < -0.4 is 5.73 Å². The highest BCUT2D eigenvalue weighted by Gasteiger charge is 2.51. The smallest absolute Gasteiger partial charge is 0.220 e. The predicted molar refractivity (Wildman–Crippen MR) is 128 cm³/mol. The van der Waals surface area contributed by atoms with Gasteiger partial charge in [0, 0.05) is 25.2 Å². The minimum Gasteiger partial charge on any atom is -0.370 e. The van der Waals surface area contributed by atoms with E-state index >= 15 is 0 Å². The summed E-state index contributed by atoms with van der Waals surface area (Å²) in [6.07, 6.45) is 2.92. The number of pyridine rings is 1. The minimum absolute atomic E-state index is 0.251. The van der Waals surface area contributed by atoms with Gasteiger partial charge in [0.25, 0.3) is 0 Å². The molecule has 0 saturated carbocycles. The van der Waals surface area contributed by atoms with Gasteiger partial charge in [0.05, 0.1) is 18.1 Å². The molecule has 2 atom stereocenters. The van der Waals surface area contributed by atoms with E-state index in [1.807, 2.05) is 42.6 Å². The van der Waals surface area contributed by atoms with Gasteiger partial charge in [0.15, 0.2) is 5.96 Å². The van der Waals surface area contributed by atoms with Crippen LogP contribution in [0.15, 0.2) is 59.0 Å². The van der Waals surface area contributed by atoms with Crippen molar-refractivity contribution < 1.29 is 18.7 Å².